The van der Waals surface area contributed by atoms with Gasteiger partial charge in [-0.2, -0.15) is 0 Å². The number of amides is 2. The minimum absolute atomic E-state index is 0. The molecule has 1 aromatic carbocycles. The van der Waals surface area contributed by atoms with E-state index in [0.29, 0.717) is 6.54 Å². The Morgan fingerprint density at radius 3 is 2.15 bits per heavy atom. The lowest BCUT2D eigenvalue weighted by Crippen LogP contribution is -2.47. The molecule has 3 fully saturated rings. The highest BCUT2D eigenvalue weighted by atomic mass is 35.5. The second-order valence-electron chi connectivity index (χ2n) is 10.4. The third kappa shape index (κ3) is 4.12. The number of rotatable bonds is 7. The Hall–Kier alpha value is -2.09. The Kier molecular flexibility index (Phi) is 6.75. The third-order valence-electron chi connectivity index (χ3n) is 7.61. The van der Waals surface area contributed by atoms with Crippen LogP contribution in [0, 0.1) is 11.8 Å². The molecule has 3 saturated heterocycles. The van der Waals surface area contributed by atoms with E-state index in [-0.39, 0.29) is 42.2 Å². The molecule has 0 spiro atoms. The summed E-state index contributed by atoms with van der Waals surface area (Å²) in [5, 5.41) is 0. The van der Waals surface area contributed by atoms with Gasteiger partial charge in [-0.3, -0.25) is 19.4 Å². The number of nitrogens with zero attached hydrogens (tertiary/aromatic N) is 3. The van der Waals surface area contributed by atoms with Crippen molar-refractivity contribution in [2.45, 2.75) is 51.4 Å². The predicted octanol–water partition coefficient (Wildman–Crippen LogP) is 3.13. The fraction of sp³-hybridized carbons (Fsp3) is 0.615. The summed E-state index contributed by atoms with van der Waals surface area (Å²) >= 11 is 0. The van der Waals surface area contributed by atoms with Gasteiger partial charge in [-0.15, -0.1) is 12.4 Å². The van der Waals surface area contributed by atoms with Gasteiger partial charge in [-0.25, -0.2) is 0 Å². The Balaban J connectivity index is 0.00000274. The second-order valence-corrected chi connectivity index (χ2v) is 10.4. The summed E-state index contributed by atoms with van der Waals surface area (Å²) in [5.74, 6) is 0.0556. The lowest BCUT2D eigenvalue weighted by Gasteiger charge is -2.37. The summed E-state index contributed by atoms with van der Waals surface area (Å²) in [6, 6.07) is 8.24. The highest BCUT2D eigenvalue weighted by Gasteiger charge is 2.70. The molecule has 0 N–H and O–H groups in total. The number of fused-ring (bicyclic) bond motifs is 5. The van der Waals surface area contributed by atoms with Gasteiger partial charge in [0.25, 0.3) is 0 Å². The molecule has 4 aliphatic rings. The van der Waals surface area contributed by atoms with Gasteiger partial charge in [0.15, 0.2) is 0 Å². The molecule has 4 atom stereocenters. The van der Waals surface area contributed by atoms with Crippen LogP contribution in [-0.2, 0) is 14.3 Å². The normalized spacial score (nSPS) is 32.5. The number of imide groups is 1. The maximum atomic E-state index is 13.1. The molecule has 34 heavy (non-hydrogen) atoms. The summed E-state index contributed by atoms with van der Waals surface area (Å²) in [6.07, 6.45) is 4.87. The van der Waals surface area contributed by atoms with E-state index >= 15 is 0 Å². The largest absolute Gasteiger partial charge is 0.489 e. The molecular weight excluding hydrogens is 454 g/mol. The lowest BCUT2D eigenvalue weighted by atomic mass is 9.73. The Morgan fingerprint density at radius 2 is 1.56 bits per heavy atom. The van der Waals surface area contributed by atoms with E-state index in [4.69, 9.17) is 9.47 Å². The summed E-state index contributed by atoms with van der Waals surface area (Å²) < 4.78 is 12.1. The van der Waals surface area contributed by atoms with Crippen molar-refractivity contribution in [1.29, 1.82) is 0 Å². The number of halogens is 1. The highest BCUT2D eigenvalue weighted by Crippen LogP contribution is 2.56. The number of carbonyl (C=O) groups excluding carboxylic acids is 2. The Labute approximate surface area is 208 Å². The maximum Gasteiger partial charge on any atom is 0.236 e. The van der Waals surface area contributed by atoms with Gasteiger partial charge < -0.3 is 14.4 Å². The zero-order chi connectivity index (χ0) is 23.4. The van der Waals surface area contributed by atoms with Gasteiger partial charge in [0.1, 0.15) is 5.75 Å². The van der Waals surface area contributed by atoms with Crippen molar-refractivity contribution >= 4 is 29.9 Å². The number of hydrogen-bond acceptors (Lipinski definition) is 6. The SMILES string of the molecule is CC(C)Oc1ccccc1N1CCN(CCCN2C(=O)C3C(C2=O)C2(C)C=CC3(C)O2)CC1.Cl. The molecule has 7 nitrogen and oxygen atoms in total. The lowest BCUT2D eigenvalue weighted by molar-refractivity contribution is -0.146. The van der Waals surface area contributed by atoms with Gasteiger partial charge >= 0.3 is 0 Å². The van der Waals surface area contributed by atoms with Crippen LogP contribution in [0.15, 0.2) is 36.4 Å². The number of piperazine rings is 1. The molecule has 0 aromatic heterocycles. The van der Waals surface area contributed by atoms with Crippen molar-refractivity contribution in [3.8, 4) is 5.75 Å². The average Bonchev–Trinajstić information content (AvgIpc) is 3.33. The molecule has 2 bridgehead atoms. The fourth-order valence-corrected chi connectivity index (χ4v) is 6.05. The number of likely N-dealkylation sites (tertiary alicyclic amines) is 1. The van der Waals surface area contributed by atoms with E-state index in [1.165, 1.54) is 4.90 Å². The van der Waals surface area contributed by atoms with Gasteiger partial charge in [-0.1, -0.05) is 24.3 Å². The summed E-state index contributed by atoms with van der Waals surface area (Å²) in [5.41, 5.74) is -0.141. The van der Waals surface area contributed by atoms with Crippen molar-refractivity contribution in [1.82, 2.24) is 9.80 Å². The zero-order valence-electron chi connectivity index (χ0n) is 20.5. The van der Waals surface area contributed by atoms with Crippen LogP contribution in [0.1, 0.15) is 34.1 Å². The van der Waals surface area contributed by atoms with E-state index in [1.54, 1.807) is 0 Å². The first kappa shape index (κ1) is 25.0. The molecule has 1 aromatic rings. The molecule has 5 rings (SSSR count). The molecule has 2 amide bonds. The van der Waals surface area contributed by atoms with Crippen LogP contribution in [0.2, 0.25) is 0 Å². The Bertz CT molecular complexity index is 941. The van der Waals surface area contributed by atoms with Crippen molar-refractivity contribution in [2.75, 3.05) is 44.2 Å². The van der Waals surface area contributed by atoms with E-state index in [1.807, 2.05) is 52.0 Å². The maximum absolute atomic E-state index is 13.1. The van der Waals surface area contributed by atoms with Crippen molar-refractivity contribution in [2.24, 2.45) is 11.8 Å². The minimum Gasteiger partial charge on any atom is -0.489 e. The predicted molar refractivity (Wildman–Crippen MR) is 133 cm³/mol. The van der Waals surface area contributed by atoms with Gasteiger partial charge in [0, 0.05) is 32.7 Å². The molecule has 0 radical (unpaired) electrons. The van der Waals surface area contributed by atoms with Crippen LogP contribution in [0.4, 0.5) is 5.69 Å². The zero-order valence-corrected chi connectivity index (χ0v) is 21.3. The monoisotopic (exact) mass is 489 g/mol. The summed E-state index contributed by atoms with van der Waals surface area (Å²) in [7, 11) is 0. The van der Waals surface area contributed by atoms with Crippen molar-refractivity contribution in [3.63, 3.8) is 0 Å². The highest BCUT2D eigenvalue weighted by molar-refractivity contribution is 6.07. The minimum atomic E-state index is -0.646. The number of anilines is 1. The van der Waals surface area contributed by atoms with E-state index in [0.717, 1.165) is 50.6 Å². The van der Waals surface area contributed by atoms with Crippen molar-refractivity contribution < 1.29 is 19.1 Å². The van der Waals surface area contributed by atoms with Gasteiger partial charge in [-0.05, 0) is 52.8 Å². The number of hydrogen-bond donors (Lipinski definition) is 0. The average molecular weight is 490 g/mol. The van der Waals surface area contributed by atoms with E-state index < -0.39 is 11.2 Å². The summed E-state index contributed by atoms with van der Waals surface area (Å²) in [4.78, 5) is 32.5. The van der Waals surface area contributed by atoms with Gasteiger partial charge in [0.05, 0.1) is 34.8 Å². The fourth-order valence-electron chi connectivity index (χ4n) is 6.05. The topological polar surface area (TPSA) is 62.3 Å². The van der Waals surface area contributed by atoms with Crippen molar-refractivity contribution in [3.05, 3.63) is 36.4 Å². The first-order chi connectivity index (χ1) is 15.7. The van der Waals surface area contributed by atoms with Crippen LogP contribution in [-0.4, -0.2) is 78.2 Å². The van der Waals surface area contributed by atoms with Crippen LogP contribution in [0.5, 0.6) is 5.75 Å². The molecule has 4 heterocycles. The summed E-state index contributed by atoms with van der Waals surface area (Å²) in [6.45, 7) is 13.1. The standard InChI is InChI=1S/C26H35N3O4.ClH/c1-18(2)32-20-9-6-5-8-19(20)28-16-14-27(15-17-28)12-7-13-29-23(30)21-22(24(29)31)26(4)11-10-25(21,3)33-26;/h5-6,8-11,18,21-22H,7,12-17H2,1-4H3;1H. The molecule has 186 valence electrons. The smallest absolute Gasteiger partial charge is 0.236 e. The van der Waals surface area contributed by atoms with E-state index in [2.05, 4.69) is 21.9 Å². The first-order valence-electron chi connectivity index (χ1n) is 12.2. The molecule has 8 heteroatoms. The number of para-hydroxylation sites is 2. The van der Waals surface area contributed by atoms with Crippen LogP contribution >= 0.6 is 12.4 Å². The van der Waals surface area contributed by atoms with Crippen LogP contribution < -0.4 is 9.64 Å². The van der Waals surface area contributed by atoms with Crippen LogP contribution in [0.25, 0.3) is 0 Å². The molecule has 0 aliphatic carbocycles. The molecule has 4 unspecified atom stereocenters. The van der Waals surface area contributed by atoms with E-state index in [9.17, 15) is 9.59 Å². The van der Waals surface area contributed by atoms with Crippen LogP contribution in [0.3, 0.4) is 0 Å². The van der Waals surface area contributed by atoms with Gasteiger partial charge in [0.2, 0.25) is 11.8 Å². The first-order valence-corrected chi connectivity index (χ1v) is 12.2. The molecular formula is C26H36ClN3O4. The number of ether oxygens (including phenoxy) is 2. The quantitative estimate of drug-likeness (QED) is 0.433. The molecule has 0 saturated carbocycles. The Morgan fingerprint density at radius 1 is 0.971 bits per heavy atom. The number of benzene rings is 1. The number of carbonyl (C=O) groups is 2. The third-order valence-corrected chi connectivity index (χ3v) is 7.61. The molecule has 4 aliphatic heterocycles. The second kappa shape index (κ2) is 9.17.